The van der Waals surface area contributed by atoms with Gasteiger partial charge in [-0.05, 0) is 44.4 Å². The predicted octanol–water partition coefficient (Wildman–Crippen LogP) is 1.94. The average molecular weight is 384 g/mol. The largest absolute Gasteiger partial charge is 0.493 e. The zero-order chi connectivity index (χ0) is 19.3. The van der Waals surface area contributed by atoms with Crippen LogP contribution in [0.15, 0.2) is 18.2 Å². The van der Waals surface area contributed by atoms with Gasteiger partial charge in [0.2, 0.25) is 15.9 Å². The van der Waals surface area contributed by atoms with Crippen molar-refractivity contribution in [1.82, 2.24) is 9.62 Å². The zero-order valence-corrected chi connectivity index (χ0v) is 16.6. The Morgan fingerprint density at radius 2 is 2.00 bits per heavy atom. The Labute approximate surface area is 155 Å². The van der Waals surface area contributed by atoms with Crippen LogP contribution in [0.3, 0.4) is 0 Å². The summed E-state index contributed by atoms with van der Waals surface area (Å²) in [6.45, 7) is 4.26. The molecular weight excluding hydrogens is 356 g/mol. The Bertz CT molecular complexity index is 735. The van der Waals surface area contributed by atoms with Crippen molar-refractivity contribution in [2.45, 2.75) is 32.7 Å². The minimum Gasteiger partial charge on any atom is -0.493 e. The quantitative estimate of drug-likeness (QED) is 0.777. The molecule has 0 spiro atoms. The summed E-state index contributed by atoms with van der Waals surface area (Å²) < 4.78 is 36.1. The van der Waals surface area contributed by atoms with E-state index in [2.05, 4.69) is 5.32 Å². The van der Waals surface area contributed by atoms with Crippen molar-refractivity contribution in [3.8, 4) is 11.5 Å². The van der Waals surface area contributed by atoms with E-state index in [4.69, 9.17) is 9.47 Å². The first-order valence-electron chi connectivity index (χ1n) is 8.82. The van der Waals surface area contributed by atoms with E-state index in [0.717, 1.165) is 5.56 Å². The van der Waals surface area contributed by atoms with Gasteiger partial charge >= 0.3 is 0 Å². The number of ether oxygens (including phenoxy) is 2. The molecule has 1 aliphatic rings. The fourth-order valence-corrected chi connectivity index (χ4v) is 4.31. The molecule has 2 atom stereocenters. The maximum absolute atomic E-state index is 12.6. The van der Waals surface area contributed by atoms with Gasteiger partial charge in [-0.2, -0.15) is 0 Å². The monoisotopic (exact) mass is 384 g/mol. The Balaban J connectivity index is 2.04. The molecule has 0 aromatic heterocycles. The van der Waals surface area contributed by atoms with Crippen molar-refractivity contribution in [3.63, 3.8) is 0 Å². The first-order valence-corrected chi connectivity index (χ1v) is 10.4. The molecular formula is C18H28N2O5S. The highest BCUT2D eigenvalue weighted by Crippen LogP contribution is 2.30. The maximum Gasteiger partial charge on any atom is 0.224 e. The van der Waals surface area contributed by atoms with Crippen molar-refractivity contribution in [2.24, 2.45) is 5.92 Å². The SMILES string of the molecule is CCS(=O)(=O)N1CCCC(C(=O)NC(C)c2ccc(OC)c(OC)c2)C1. The number of rotatable bonds is 7. The fourth-order valence-electron chi connectivity index (χ4n) is 3.13. The van der Waals surface area contributed by atoms with Gasteiger partial charge < -0.3 is 14.8 Å². The number of nitrogens with one attached hydrogen (secondary N) is 1. The van der Waals surface area contributed by atoms with Gasteiger partial charge in [-0.25, -0.2) is 12.7 Å². The Kier molecular flexibility index (Phi) is 6.88. The Hall–Kier alpha value is -1.80. The van der Waals surface area contributed by atoms with Gasteiger partial charge in [0.05, 0.1) is 31.9 Å². The summed E-state index contributed by atoms with van der Waals surface area (Å²) in [5.74, 6) is 0.839. The second-order valence-electron chi connectivity index (χ2n) is 6.44. The average Bonchev–Trinajstić information content (AvgIpc) is 2.67. The first kappa shape index (κ1) is 20.5. The topological polar surface area (TPSA) is 84.9 Å². The molecule has 1 saturated heterocycles. The third kappa shape index (κ3) is 4.67. The third-order valence-corrected chi connectivity index (χ3v) is 6.63. The zero-order valence-electron chi connectivity index (χ0n) is 15.8. The number of hydrogen-bond donors (Lipinski definition) is 1. The minimum atomic E-state index is -3.26. The van der Waals surface area contributed by atoms with Gasteiger partial charge in [0.25, 0.3) is 0 Å². The van der Waals surface area contributed by atoms with Crippen LogP contribution < -0.4 is 14.8 Å². The van der Waals surface area contributed by atoms with E-state index < -0.39 is 10.0 Å². The Morgan fingerprint density at radius 3 is 2.62 bits per heavy atom. The molecule has 1 aromatic carbocycles. The molecule has 1 N–H and O–H groups in total. The number of benzene rings is 1. The van der Waals surface area contributed by atoms with E-state index in [0.29, 0.717) is 30.9 Å². The molecule has 1 fully saturated rings. The van der Waals surface area contributed by atoms with Crippen LogP contribution in [0.1, 0.15) is 38.3 Å². The third-order valence-electron chi connectivity index (χ3n) is 4.78. The van der Waals surface area contributed by atoms with Crippen LogP contribution in [-0.2, 0) is 14.8 Å². The van der Waals surface area contributed by atoms with Gasteiger partial charge in [0.1, 0.15) is 0 Å². The lowest BCUT2D eigenvalue weighted by molar-refractivity contribution is -0.126. The summed E-state index contributed by atoms with van der Waals surface area (Å²) >= 11 is 0. The van der Waals surface area contributed by atoms with Crippen LogP contribution in [0.5, 0.6) is 11.5 Å². The molecule has 1 amide bonds. The van der Waals surface area contributed by atoms with Crippen LogP contribution >= 0.6 is 0 Å². The number of methoxy groups -OCH3 is 2. The van der Waals surface area contributed by atoms with Crippen LogP contribution in [-0.4, -0.2) is 51.7 Å². The standard InChI is InChI=1S/C18H28N2O5S/c1-5-26(22,23)20-10-6-7-15(12-20)18(21)19-13(2)14-8-9-16(24-3)17(11-14)25-4/h8-9,11,13,15H,5-7,10,12H2,1-4H3,(H,19,21). The van der Waals surface area contributed by atoms with Gasteiger partial charge in [0, 0.05) is 13.1 Å². The van der Waals surface area contributed by atoms with Gasteiger partial charge in [-0.15, -0.1) is 0 Å². The summed E-state index contributed by atoms with van der Waals surface area (Å²) in [5, 5.41) is 2.99. The second kappa shape index (κ2) is 8.73. The molecule has 0 saturated carbocycles. The van der Waals surface area contributed by atoms with E-state index in [-0.39, 0.29) is 30.2 Å². The smallest absolute Gasteiger partial charge is 0.224 e. The van der Waals surface area contributed by atoms with E-state index in [1.807, 2.05) is 19.1 Å². The molecule has 7 nitrogen and oxygen atoms in total. The van der Waals surface area contributed by atoms with Crippen molar-refractivity contribution < 1.29 is 22.7 Å². The van der Waals surface area contributed by atoms with Gasteiger partial charge in [-0.1, -0.05) is 6.07 Å². The highest BCUT2D eigenvalue weighted by Gasteiger charge is 2.31. The molecule has 1 aliphatic heterocycles. The van der Waals surface area contributed by atoms with Crippen LogP contribution in [0.2, 0.25) is 0 Å². The van der Waals surface area contributed by atoms with E-state index in [1.165, 1.54) is 4.31 Å². The highest BCUT2D eigenvalue weighted by atomic mass is 32.2. The lowest BCUT2D eigenvalue weighted by Crippen LogP contribution is -2.46. The van der Waals surface area contributed by atoms with Gasteiger partial charge in [0.15, 0.2) is 11.5 Å². The van der Waals surface area contributed by atoms with Crippen LogP contribution in [0.25, 0.3) is 0 Å². The number of hydrogen-bond acceptors (Lipinski definition) is 5. The van der Waals surface area contributed by atoms with E-state index in [9.17, 15) is 13.2 Å². The summed E-state index contributed by atoms with van der Waals surface area (Å²) in [7, 11) is -0.126. The molecule has 0 radical (unpaired) electrons. The van der Waals surface area contributed by atoms with Gasteiger partial charge in [-0.3, -0.25) is 4.79 Å². The van der Waals surface area contributed by atoms with Crippen molar-refractivity contribution >= 4 is 15.9 Å². The number of amides is 1. The van der Waals surface area contributed by atoms with E-state index >= 15 is 0 Å². The lowest BCUT2D eigenvalue weighted by Gasteiger charge is -2.31. The molecule has 2 unspecified atom stereocenters. The highest BCUT2D eigenvalue weighted by molar-refractivity contribution is 7.89. The Morgan fingerprint density at radius 1 is 1.31 bits per heavy atom. The second-order valence-corrected chi connectivity index (χ2v) is 8.70. The number of carbonyl (C=O) groups excluding carboxylic acids is 1. The molecule has 1 heterocycles. The predicted molar refractivity (Wildman–Crippen MR) is 99.9 cm³/mol. The molecule has 26 heavy (non-hydrogen) atoms. The van der Waals surface area contributed by atoms with Crippen molar-refractivity contribution in [1.29, 1.82) is 0 Å². The molecule has 146 valence electrons. The molecule has 0 aliphatic carbocycles. The summed E-state index contributed by atoms with van der Waals surface area (Å²) in [6.07, 6.45) is 1.39. The van der Waals surface area contributed by atoms with Crippen LogP contribution in [0, 0.1) is 5.92 Å². The summed E-state index contributed by atoms with van der Waals surface area (Å²) in [4.78, 5) is 12.6. The van der Waals surface area contributed by atoms with Crippen molar-refractivity contribution in [2.75, 3.05) is 33.1 Å². The number of nitrogens with zero attached hydrogens (tertiary/aromatic N) is 1. The van der Waals surface area contributed by atoms with Crippen LogP contribution in [0.4, 0.5) is 0 Å². The lowest BCUT2D eigenvalue weighted by atomic mass is 9.98. The minimum absolute atomic E-state index is 0.0589. The normalized spacial score (nSPS) is 19.6. The molecule has 0 bridgehead atoms. The molecule has 8 heteroatoms. The fraction of sp³-hybridized carbons (Fsp3) is 0.611. The summed E-state index contributed by atoms with van der Waals surface area (Å²) in [5.41, 5.74) is 0.893. The number of piperidine rings is 1. The molecule has 2 rings (SSSR count). The van der Waals surface area contributed by atoms with E-state index in [1.54, 1.807) is 27.2 Å². The number of sulfonamides is 1. The molecule has 1 aromatic rings. The first-order chi connectivity index (χ1) is 12.3. The maximum atomic E-state index is 12.6. The number of carbonyl (C=O) groups is 1. The summed E-state index contributed by atoms with van der Waals surface area (Å²) in [6, 6.07) is 5.28. The van der Waals surface area contributed by atoms with Crippen molar-refractivity contribution in [3.05, 3.63) is 23.8 Å².